The summed E-state index contributed by atoms with van der Waals surface area (Å²) >= 11 is 0. The van der Waals surface area contributed by atoms with Crippen LogP contribution in [-0.4, -0.2) is 5.84 Å². The van der Waals surface area contributed by atoms with E-state index in [0.717, 1.165) is 17.9 Å². The number of para-hydroxylation sites is 2. The summed E-state index contributed by atoms with van der Waals surface area (Å²) in [5.74, 6) is 2.89. The largest absolute Gasteiger partial charge is 0.457 e. The predicted octanol–water partition coefficient (Wildman–Crippen LogP) is 7.00. The Balaban J connectivity index is 1.39. The third kappa shape index (κ3) is 3.97. The molecule has 2 aliphatic rings. The van der Waals surface area contributed by atoms with Crippen LogP contribution in [0.5, 0.6) is 11.5 Å². The number of hydrogen-bond acceptors (Lipinski definition) is 2. The van der Waals surface area contributed by atoms with Gasteiger partial charge in [0.25, 0.3) is 0 Å². The van der Waals surface area contributed by atoms with E-state index in [2.05, 4.69) is 41.7 Å². The molecule has 3 heteroatoms. The molecule has 0 aromatic heterocycles. The fraction of sp³-hybridized carbons (Fsp3) is 0.296. The minimum atomic E-state index is 0.171. The second kappa shape index (κ2) is 8.35. The SMILES string of the molecule is c1ccc(Oc2cccc(CN=C3Nc4ccccc4CC34CCCCC4)c2)cc1. The van der Waals surface area contributed by atoms with Crippen molar-refractivity contribution in [2.75, 3.05) is 5.32 Å². The first-order valence-corrected chi connectivity index (χ1v) is 11.0. The summed E-state index contributed by atoms with van der Waals surface area (Å²) in [6.45, 7) is 0.665. The van der Waals surface area contributed by atoms with Gasteiger partial charge in [-0.1, -0.05) is 67.8 Å². The van der Waals surface area contributed by atoms with Crippen molar-refractivity contribution in [1.82, 2.24) is 0 Å². The van der Waals surface area contributed by atoms with Gasteiger partial charge in [-0.25, -0.2) is 0 Å². The standard InChI is InChI=1S/C27H28N2O/c1-3-12-23(13-4-1)30-24-14-9-10-21(18-24)20-28-26-27(16-7-2-8-17-27)19-22-11-5-6-15-25(22)29-26/h1,3-6,9-15,18H,2,7-8,16-17,19-20H2,(H,28,29). The molecule has 1 N–H and O–H groups in total. The fourth-order valence-electron chi connectivity index (χ4n) is 4.86. The first-order valence-electron chi connectivity index (χ1n) is 11.0. The molecular weight excluding hydrogens is 368 g/mol. The van der Waals surface area contributed by atoms with Gasteiger partial charge in [0.05, 0.1) is 6.54 Å². The molecule has 1 aliphatic heterocycles. The average Bonchev–Trinajstić information content (AvgIpc) is 2.79. The lowest BCUT2D eigenvalue weighted by molar-refractivity contribution is 0.278. The van der Waals surface area contributed by atoms with E-state index in [1.165, 1.54) is 54.8 Å². The average molecular weight is 397 g/mol. The fourth-order valence-corrected chi connectivity index (χ4v) is 4.86. The Morgan fingerprint density at radius 1 is 0.800 bits per heavy atom. The number of aliphatic imine (C=N–C) groups is 1. The first kappa shape index (κ1) is 18.9. The van der Waals surface area contributed by atoms with Crippen LogP contribution in [0.25, 0.3) is 0 Å². The number of nitrogens with zero attached hydrogens (tertiary/aromatic N) is 1. The van der Waals surface area contributed by atoms with Crippen molar-refractivity contribution in [2.24, 2.45) is 10.4 Å². The van der Waals surface area contributed by atoms with Gasteiger partial charge in [-0.15, -0.1) is 0 Å². The number of anilines is 1. The molecule has 1 fully saturated rings. The molecule has 5 rings (SSSR count). The Labute approximate surface area is 178 Å². The van der Waals surface area contributed by atoms with Crippen LogP contribution >= 0.6 is 0 Å². The molecule has 3 aromatic rings. The van der Waals surface area contributed by atoms with Crippen LogP contribution in [0.2, 0.25) is 0 Å². The predicted molar refractivity (Wildman–Crippen MR) is 123 cm³/mol. The van der Waals surface area contributed by atoms with Gasteiger partial charge in [-0.2, -0.15) is 0 Å². The Morgan fingerprint density at radius 2 is 1.57 bits per heavy atom. The van der Waals surface area contributed by atoms with E-state index in [-0.39, 0.29) is 5.41 Å². The van der Waals surface area contributed by atoms with Gasteiger partial charge >= 0.3 is 0 Å². The summed E-state index contributed by atoms with van der Waals surface area (Å²) in [5, 5.41) is 3.70. The normalized spacial score (nSPS) is 18.6. The highest BCUT2D eigenvalue weighted by molar-refractivity contribution is 6.02. The Kier molecular flexibility index (Phi) is 5.27. The van der Waals surface area contributed by atoms with E-state index in [1.54, 1.807) is 0 Å². The monoisotopic (exact) mass is 396 g/mol. The van der Waals surface area contributed by atoms with Gasteiger partial charge in [0.2, 0.25) is 0 Å². The minimum absolute atomic E-state index is 0.171. The number of nitrogens with one attached hydrogen (secondary N) is 1. The highest BCUT2D eigenvalue weighted by Crippen LogP contribution is 2.45. The summed E-state index contributed by atoms with van der Waals surface area (Å²) < 4.78 is 6.00. The lowest BCUT2D eigenvalue weighted by Gasteiger charge is -2.42. The number of fused-ring (bicyclic) bond motifs is 1. The van der Waals surface area contributed by atoms with Crippen LogP contribution in [0.3, 0.4) is 0 Å². The summed E-state index contributed by atoms with van der Waals surface area (Å²) in [6.07, 6.45) is 7.49. The summed E-state index contributed by atoms with van der Waals surface area (Å²) in [5.41, 5.74) is 3.98. The van der Waals surface area contributed by atoms with Crippen molar-refractivity contribution >= 4 is 11.5 Å². The van der Waals surface area contributed by atoms with Crippen molar-refractivity contribution in [3.8, 4) is 11.5 Å². The van der Waals surface area contributed by atoms with Crippen molar-refractivity contribution < 1.29 is 4.74 Å². The molecule has 0 bridgehead atoms. The molecule has 1 saturated carbocycles. The molecule has 0 saturated heterocycles. The van der Waals surface area contributed by atoms with E-state index in [9.17, 15) is 0 Å². The van der Waals surface area contributed by atoms with Crippen molar-refractivity contribution in [3.63, 3.8) is 0 Å². The highest BCUT2D eigenvalue weighted by atomic mass is 16.5. The lowest BCUT2D eigenvalue weighted by atomic mass is 9.67. The van der Waals surface area contributed by atoms with E-state index < -0.39 is 0 Å². The molecule has 0 radical (unpaired) electrons. The summed E-state index contributed by atoms with van der Waals surface area (Å²) in [4.78, 5) is 5.13. The van der Waals surface area contributed by atoms with Gasteiger partial charge in [0.1, 0.15) is 17.3 Å². The Hall–Kier alpha value is -3.07. The molecular formula is C27H28N2O. The number of benzene rings is 3. The molecule has 0 atom stereocenters. The van der Waals surface area contributed by atoms with Crippen molar-refractivity contribution in [3.05, 3.63) is 90.0 Å². The van der Waals surface area contributed by atoms with E-state index in [4.69, 9.17) is 9.73 Å². The summed E-state index contributed by atoms with van der Waals surface area (Å²) in [6, 6.07) is 26.9. The number of amidine groups is 1. The second-order valence-corrected chi connectivity index (χ2v) is 8.53. The van der Waals surface area contributed by atoms with Gasteiger partial charge in [-0.05, 0) is 60.7 Å². The Bertz CT molecular complexity index is 1040. The number of ether oxygens (including phenoxy) is 1. The lowest BCUT2D eigenvalue weighted by Crippen LogP contribution is -2.43. The smallest absolute Gasteiger partial charge is 0.127 e. The number of hydrogen-bond donors (Lipinski definition) is 1. The maximum absolute atomic E-state index is 6.00. The van der Waals surface area contributed by atoms with Crippen LogP contribution in [0.4, 0.5) is 5.69 Å². The maximum atomic E-state index is 6.00. The second-order valence-electron chi connectivity index (χ2n) is 8.53. The van der Waals surface area contributed by atoms with Crippen LogP contribution < -0.4 is 10.1 Å². The topological polar surface area (TPSA) is 33.6 Å². The molecule has 1 heterocycles. The van der Waals surface area contributed by atoms with Gasteiger partial charge in [-0.3, -0.25) is 4.99 Å². The highest BCUT2D eigenvalue weighted by Gasteiger charge is 2.40. The third-order valence-corrected chi connectivity index (χ3v) is 6.41. The molecule has 1 spiro atoms. The molecule has 0 amide bonds. The first-order chi connectivity index (χ1) is 14.8. The van der Waals surface area contributed by atoms with E-state index in [1.807, 2.05) is 42.5 Å². The molecule has 30 heavy (non-hydrogen) atoms. The zero-order valence-electron chi connectivity index (χ0n) is 17.3. The zero-order valence-corrected chi connectivity index (χ0v) is 17.3. The molecule has 1 aliphatic carbocycles. The summed E-state index contributed by atoms with van der Waals surface area (Å²) in [7, 11) is 0. The Morgan fingerprint density at radius 3 is 2.43 bits per heavy atom. The van der Waals surface area contributed by atoms with Gasteiger partial charge < -0.3 is 10.1 Å². The molecule has 3 nitrogen and oxygen atoms in total. The number of rotatable bonds is 4. The third-order valence-electron chi connectivity index (χ3n) is 6.41. The van der Waals surface area contributed by atoms with Crippen LogP contribution in [0.15, 0.2) is 83.9 Å². The van der Waals surface area contributed by atoms with Crippen molar-refractivity contribution in [2.45, 2.75) is 45.1 Å². The van der Waals surface area contributed by atoms with Gasteiger partial charge in [0, 0.05) is 11.1 Å². The molecule has 3 aromatic carbocycles. The van der Waals surface area contributed by atoms with Crippen molar-refractivity contribution in [1.29, 1.82) is 0 Å². The van der Waals surface area contributed by atoms with E-state index in [0.29, 0.717) is 6.54 Å². The van der Waals surface area contributed by atoms with Crippen LogP contribution in [-0.2, 0) is 13.0 Å². The van der Waals surface area contributed by atoms with Gasteiger partial charge in [0.15, 0.2) is 0 Å². The quantitative estimate of drug-likeness (QED) is 0.515. The minimum Gasteiger partial charge on any atom is -0.457 e. The zero-order chi connectivity index (χ0) is 20.2. The molecule has 152 valence electrons. The van der Waals surface area contributed by atoms with Crippen LogP contribution in [0.1, 0.15) is 43.2 Å². The van der Waals surface area contributed by atoms with E-state index >= 15 is 0 Å². The maximum Gasteiger partial charge on any atom is 0.127 e. The van der Waals surface area contributed by atoms with Crippen LogP contribution in [0, 0.1) is 5.41 Å². The molecule has 0 unspecified atom stereocenters.